The van der Waals surface area contributed by atoms with Crippen LogP contribution in [0.2, 0.25) is 0 Å². The van der Waals surface area contributed by atoms with Gasteiger partial charge in [0.1, 0.15) is 0 Å². The van der Waals surface area contributed by atoms with Gasteiger partial charge in [-0.25, -0.2) is 4.39 Å². The lowest BCUT2D eigenvalue weighted by Gasteiger charge is -2.26. The van der Waals surface area contributed by atoms with Crippen molar-refractivity contribution < 1.29 is 9.18 Å². The summed E-state index contributed by atoms with van der Waals surface area (Å²) in [4.78, 5) is 15.9. The maximum atomic E-state index is 13.5. The third-order valence-electron chi connectivity index (χ3n) is 3.70. The summed E-state index contributed by atoms with van der Waals surface area (Å²) in [6.45, 7) is 0. The fraction of sp³-hybridized carbons (Fsp3) is 0.538. The number of pyridine rings is 1. The molecule has 0 aliphatic carbocycles. The number of hydrogen-bond acceptors (Lipinski definition) is 3. The molecule has 3 heterocycles. The zero-order chi connectivity index (χ0) is 11.8. The van der Waals surface area contributed by atoms with E-state index in [4.69, 9.17) is 0 Å². The van der Waals surface area contributed by atoms with E-state index in [-0.39, 0.29) is 17.3 Å². The highest BCUT2D eigenvalue weighted by Crippen LogP contribution is 2.46. The first-order valence-electron chi connectivity index (χ1n) is 6.03. The molecular weight excluding hydrogens is 237 g/mol. The van der Waals surface area contributed by atoms with Gasteiger partial charge in [0.15, 0.2) is 11.6 Å². The second-order valence-electron chi connectivity index (χ2n) is 4.85. The largest absolute Gasteiger partial charge is 0.294 e. The Bertz CT molecular complexity index is 439. The molecule has 2 aliphatic heterocycles. The zero-order valence-corrected chi connectivity index (χ0v) is 10.3. The van der Waals surface area contributed by atoms with E-state index in [1.54, 1.807) is 0 Å². The third-order valence-corrected chi connectivity index (χ3v) is 5.33. The quantitative estimate of drug-likeness (QED) is 0.757. The van der Waals surface area contributed by atoms with Crippen LogP contribution in [0.5, 0.6) is 0 Å². The molecular formula is C13H14FNOS. The van der Waals surface area contributed by atoms with Crippen LogP contribution in [-0.4, -0.2) is 21.3 Å². The minimum atomic E-state index is -0.483. The molecule has 2 atom stereocenters. The molecule has 3 rings (SSSR count). The molecule has 0 N–H and O–H groups in total. The zero-order valence-electron chi connectivity index (χ0n) is 9.43. The Labute approximate surface area is 104 Å². The smallest absolute Gasteiger partial charge is 0.169 e. The van der Waals surface area contributed by atoms with Crippen LogP contribution in [0, 0.1) is 11.7 Å². The number of thioether (sulfide) groups is 1. The van der Waals surface area contributed by atoms with E-state index in [0.29, 0.717) is 10.5 Å². The van der Waals surface area contributed by atoms with Gasteiger partial charge < -0.3 is 0 Å². The second kappa shape index (κ2) is 4.41. The predicted octanol–water partition coefficient (Wildman–Crippen LogP) is 3.08. The van der Waals surface area contributed by atoms with E-state index in [2.05, 4.69) is 4.98 Å². The number of rotatable bonds is 2. The van der Waals surface area contributed by atoms with Crippen molar-refractivity contribution in [2.75, 3.05) is 0 Å². The van der Waals surface area contributed by atoms with Crippen LogP contribution >= 0.6 is 11.8 Å². The molecule has 2 nitrogen and oxygen atoms in total. The first-order valence-corrected chi connectivity index (χ1v) is 6.97. The molecule has 90 valence electrons. The maximum Gasteiger partial charge on any atom is 0.169 e. The van der Waals surface area contributed by atoms with Crippen molar-refractivity contribution in [3.63, 3.8) is 0 Å². The van der Waals surface area contributed by atoms with E-state index in [0.717, 1.165) is 19.0 Å². The lowest BCUT2D eigenvalue weighted by molar-refractivity contribution is 0.0902. The first-order chi connectivity index (χ1) is 8.24. The number of carbonyl (C=O) groups excluding carboxylic acids is 1. The monoisotopic (exact) mass is 251 g/mol. The van der Waals surface area contributed by atoms with Crippen LogP contribution in [-0.2, 0) is 0 Å². The standard InChI is InChI=1S/C13H14FNOS/c14-12-7-15-4-3-11(12)13(16)8-5-9-1-2-10(6-8)17-9/h3-4,7-10H,1-2,5-6H2. The van der Waals surface area contributed by atoms with Gasteiger partial charge in [0.2, 0.25) is 0 Å². The van der Waals surface area contributed by atoms with Crippen molar-refractivity contribution in [3.05, 3.63) is 29.8 Å². The molecule has 0 saturated carbocycles. The number of carbonyl (C=O) groups is 1. The fourth-order valence-electron chi connectivity index (χ4n) is 2.87. The molecule has 2 bridgehead atoms. The molecule has 0 spiro atoms. The molecule has 0 radical (unpaired) electrons. The molecule has 1 aromatic heterocycles. The van der Waals surface area contributed by atoms with Gasteiger partial charge in [0.05, 0.1) is 11.8 Å². The van der Waals surface area contributed by atoms with E-state index >= 15 is 0 Å². The van der Waals surface area contributed by atoms with Crippen LogP contribution in [0.15, 0.2) is 18.5 Å². The van der Waals surface area contributed by atoms with Crippen molar-refractivity contribution in [2.45, 2.75) is 36.2 Å². The summed E-state index contributed by atoms with van der Waals surface area (Å²) in [5.74, 6) is -0.490. The molecule has 2 fully saturated rings. The topological polar surface area (TPSA) is 30.0 Å². The van der Waals surface area contributed by atoms with Gasteiger partial charge in [0, 0.05) is 22.6 Å². The van der Waals surface area contributed by atoms with E-state index in [1.165, 1.54) is 25.1 Å². The molecule has 17 heavy (non-hydrogen) atoms. The summed E-state index contributed by atoms with van der Waals surface area (Å²) < 4.78 is 13.5. The number of halogens is 1. The first kappa shape index (κ1) is 11.2. The second-order valence-corrected chi connectivity index (χ2v) is 6.45. The molecule has 2 saturated heterocycles. The Morgan fingerprint density at radius 1 is 1.35 bits per heavy atom. The number of nitrogens with zero attached hydrogens (tertiary/aromatic N) is 1. The van der Waals surface area contributed by atoms with Gasteiger partial charge in [0.25, 0.3) is 0 Å². The maximum absolute atomic E-state index is 13.5. The van der Waals surface area contributed by atoms with Crippen LogP contribution in [0.1, 0.15) is 36.0 Å². The van der Waals surface area contributed by atoms with E-state index in [1.807, 2.05) is 11.8 Å². The Hall–Kier alpha value is -0.900. The molecule has 4 heteroatoms. The van der Waals surface area contributed by atoms with Crippen LogP contribution in [0.3, 0.4) is 0 Å². The number of ketones is 1. The van der Waals surface area contributed by atoms with Gasteiger partial charge in [-0.1, -0.05) is 0 Å². The Kier molecular flexibility index (Phi) is 2.90. The summed E-state index contributed by atoms with van der Waals surface area (Å²) in [6.07, 6.45) is 6.89. The van der Waals surface area contributed by atoms with Crippen molar-refractivity contribution >= 4 is 17.5 Å². The number of fused-ring (bicyclic) bond motifs is 2. The summed E-state index contributed by atoms with van der Waals surface area (Å²) >= 11 is 2.01. The molecule has 2 aliphatic rings. The number of Topliss-reactive ketones (excluding diaryl/α,β-unsaturated/α-hetero) is 1. The van der Waals surface area contributed by atoms with Crippen LogP contribution in [0.25, 0.3) is 0 Å². The lowest BCUT2D eigenvalue weighted by atomic mass is 9.90. The van der Waals surface area contributed by atoms with Gasteiger partial charge >= 0.3 is 0 Å². The molecule has 1 aromatic rings. The average Bonchev–Trinajstić information content (AvgIpc) is 2.68. The highest BCUT2D eigenvalue weighted by Gasteiger charge is 2.38. The highest BCUT2D eigenvalue weighted by molar-refractivity contribution is 8.00. The van der Waals surface area contributed by atoms with Crippen molar-refractivity contribution in [1.82, 2.24) is 4.98 Å². The highest BCUT2D eigenvalue weighted by atomic mass is 32.2. The van der Waals surface area contributed by atoms with E-state index < -0.39 is 5.82 Å². The van der Waals surface area contributed by atoms with Gasteiger partial charge in [-0.2, -0.15) is 11.8 Å². The fourth-order valence-corrected chi connectivity index (χ4v) is 4.64. The van der Waals surface area contributed by atoms with Crippen LogP contribution in [0.4, 0.5) is 4.39 Å². The number of hydrogen-bond donors (Lipinski definition) is 0. The van der Waals surface area contributed by atoms with Crippen molar-refractivity contribution in [2.24, 2.45) is 5.92 Å². The molecule has 0 aromatic carbocycles. The lowest BCUT2D eigenvalue weighted by Crippen LogP contribution is -2.25. The Morgan fingerprint density at radius 2 is 2.06 bits per heavy atom. The average molecular weight is 251 g/mol. The molecule has 2 unspecified atom stereocenters. The van der Waals surface area contributed by atoms with Crippen LogP contribution < -0.4 is 0 Å². The molecule has 0 amide bonds. The Balaban J connectivity index is 1.81. The minimum absolute atomic E-state index is 0.0191. The normalized spacial score (nSPS) is 31.5. The van der Waals surface area contributed by atoms with Crippen molar-refractivity contribution in [3.8, 4) is 0 Å². The van der Waals surface area contributed by atoms with Gasteiger partial charge in [-0.05, 0) is 31.7 Å². The SMILES string of the molecule is O=C(c1ccncc1F)C1CC2CCC(C1)S2. The van der Waals surface area contributed by atoms with Gasteiger partial charge in [-0.3, -0.25) is 9.78 Å². The summed E-state index contributed by atoms with van der Waals surface area (Å²) in [6, 6.07) is 1.50. The summed E-state index contributed by atoms with van der Waals surface area (Å²) in [7, 11) is 0. The van der Waals surface area contributed by atoms with E-state index in [9.17, 15) is 9.18 Å². The number of aromatic nitrogens is 1. The Morgan fingerprint density at radius 3 is 2.71 bits per heavy atom. The summed E-state index contributed by atoms with van der Waals surface area (Å²) in [5, 5.41) is 1.24. The predicted molar refractivity (Wildman–Crippen MR) is 65.7 cm³/mol. The minimum Gasteiger partial charge on any atom is -0.294 e. The van der Waals surface area contributed by atoms with Crippen molar-refractivity contribution in [1.29, 1.82) is 0 Å². The van der Waals surface area contributed by atoms with Gasteiger partial charge in [-0.15, -0.1) is 0 Å². The third kappa shape index (κ3) is 2.10. The summed E-state index contributed by atoms with van der Waals surface area (Å²) in [5.41, 5.74) is 0.219.